The number of hydrogen-bond donors (Lipinski definition) is 1. The molecular formula is C24H23N5O2. The predicted octanol–water partition coefficient (Wildman–Crippen LogP) is 3.94. The van der Waals surface area contributed by atoms with Crippen LogP contribution in [0.2, 0.25) is 0 Å². The van der Waals surface area contributed by atoms with E-state index in [2.05, 4.69) is 16.4 Å². The summed E-state index contributed by atoms with van der Waals surface area (Å²) < 4.78 is 0. The van der Waals surface area contributed by atoms with Gasteiger partial charge in [-0.2, -0.15) is 4.98 Å². The van der Waals surface area contributed by atoms with Gasteiger partial charge in [0.25, 0.3) is 5.91 Å². The van der Waals surface area contributed by atoms with Crippen molar-refractivity contribution in [3.05, 3.63) is 64.8 Å². The summed E-state index contributed by atoms with van der Waals surface area (Å²) in [7, 11) is 3.65. The fraction of sp³-hybridized carbons (Fsp3) is 0.250. The van der Waals surface area contributed by atoms with Gasteiger partial charge in [-0.3, -0.25) is 9.59 Å². The molecule has 1 amide bonds. The minimum Gasteiger partial charge on any atom is -0.327 e. The highest BCUT2D eigenvalue weighted by Gasteiger charge is 2.29. The highest BCUT2D eigenvalue weighted by atomic mass is 16.2. The molecule has 0 bridgehead atoms. The molecule has 7 nitrogen and oxygen atoms in total. The van der Waals surface area contributed by atoms with Crippen molar-refractivity contribution in [3.63, 3.8) is 0 Å². The van der Waals surface area contributed by atoms with E-state index in [1.54, 1.807) is 18.1 Å². The van der Waals surface area contributed by atoms with Crippen molar-refractivity contribution in [2.75, 3.05) is 29.2 Å². The second-order valence-corrected chi connectivity index (χ2v) is 8.17. The van der Waals surface area contributed by atoms with Crippen molar-refractivity contribution < 1.29 is 9.59 Å². The molecule has 0 spiro atoms. The molecule has 0 unspecified atom stereocenters. The normalized spacial score (nSPS) is 15.2. The van der Waals surface area contributed by atoms with Crippen LogP contribution in [-0.4, -0.2) is 35.8 Å². The molecule has 156 valence electrons. The molecule has 1 aliphatic carbocycles. The predicted molar refractivity (Wildman–Crippen MR) is 121 cm³/mol. The van der Waals surface area contributed by atoms with Crippen molar-refractivity contribution >= 4 is 40.5 Å². The Morgan fingerprint density at radius 1 is 0.935 bits per heavy atom. The Bertz CT molecular complexity index is 1240. The summed E-state index contributed by atoms with van der Waals surface area (Å²) in [5.41, 5.74) is 6.29. The van der Waals surface area contributed by atoms with Gasteiger partial charge in [0.1, 0.15) is 11.5 Å². The molecule has 3 aromatic rings. The molecule has 0 atom stereocenters. The van der Waals surface area contributed by atoms with Gasteiger partial charge in [-0.05, 0) is 48.7 Å². The Labute approximate surface area is 180 Å². The monoisotopic (exact) mass is 413 g/mol. The molecule has 0 fully saturated rings. The topological polar surface area (TPSA) is 78.4 Å². The second kappa shape index (κ2) is 7.19. The number of Topliss-reactive ketones (excluding diaryl/α,β-unsaturated/α-hetero) is 1. The number of aromatic nitrogens is 2. The van der Waals surface area contributed by atoms with Crippen LogP contribution in [0.3, 0.4) is 0 Å². The van der Waals surface area contributed by atoms with Crippen LogP contribution < -0.4 is 15.1 Å². The first-order valence-electron chi connectivity index (χ1n) is 10.3. The van der Waals surface area contributed by atoms with E-state index in [0.29, 0.717) is 41.6 Å². The molecule has 0 saturated carbocycles. The zero-order valence-corrected chi connectivity index (χ0v) is 17.8. The summed E-state index contributed by atoms with van der Waals surface area (Å²) in [6, 6.07) is 11.9. The number of nitrogens with one attached hydrogen (secondary N) is 1. The van der Waals surface area contributed by atoms with Gasteiger partial charge >= 0.3 is 0 Å². The molecule has 1 N–H and O–H groups in total. The minimum absolute atomic E-state index is 0.0853. The number of nitrogens with zero attached hydrogens (tertiary/aromatic N) is 4. The van der Waals surface area contributed by atoms with E-state index < -0.39 is 0 Å². The lowest BCUT2D eigenvalue weighted by Crippen LogP contribution is -2.25. The molecule has 0 saturated heterocycles. The van der Waals surface area contributed by atoms with Crippen LogP contribution >= 0.6 is 0 Å². The van der Waals surface area contributed by atoms with Crippen molar-refractivity contribution in [2.45, 2.75) is 26.2 Å². The maximum Gasteiger partial charge on any atom is 0.260 e. The average molecular weight is 413 g/mol. The highest BCUT2D eigenvalue weighted by molar-refractivity contribution is 6.13. The maximum atomic E-state index is 13.0. The van der Waals surface area contributed by atoms with E-state index in [9.17, 15) is 9.59 Å². The van der Waals surface area contributed by atoms with Gasteiger partial charge in [-0.1, -0.05) is 17.7 Å². The number of benzene rings is 2. The lowest BCUT2D eigenvalue weighted by molar-refractivity contribution is -0.118. The second-order valence-electron chi connectivity index (χ2n) is 8.17. The standard InChI is InChI=1S/C24H23N5O2/c1-14-4-9-20-19(10-14)23(31)29(3)21-13-25-24(27-22(21)28(20)2)26-17-7-5-16-12-18(30)8-6-15(16)11-17/h4-5,7,9-11,13H,6,8,12H2,1-3H3,(H,25,26,27). The Morgan fingerprint density at radius 2 is 1.77 bits per heavy atom. The smallest absolute Gasteiger partial charge is 0.260 e. The molecule has 2 aliphatic rings. The average Bonchev–Trinajstić information content (AvgIpc) is 2.84. The number of anilines is 5. The fourth-order valence-electron chi connectivity index (χ4n) is 4.24. The number of carbonyl (C=O) groups is 2. The number of fused-ring (bicyclic) bond motifs is 3. The van der Waals surface area contributed by atoms with Crippen LogP contribution in [0.1, 0.15) is 33.5 Å². The summed E-state index contributed by atoms with van der Waals surface area (Å²) in [6.07, 6.45) is 3.54. The van der Waals surface area contributed by atoms with Crippen LogP contribution in [0.5, 0.6) is 0 Å². The molecule has 31 heavy (non-hydrogen) atoms. The van der Waals surface area contributed by atoms with Crippen LogP contribution in [0, 0.1) is 6.92 Å². The van der Waals surface area contributed by atoms with Crippen LogP contribution in [-0.2, 0) is 17.6 Å². The maximum absolute atomic E-state index is 13.0. The first kappa shape index (κ1) is 19.2. The Kier molecular flexibility index (Phi) is 4.46. The van der Waals surface area contributed by atoms with Crippen molar-refractivity contribution in [1.29, 1.82) is 0 Å². The van der Waals surface area contributed by atoms with Gasteiger partial charge < -0.3 is 15.1 Å². The molecule has 2 aromatic carbocycles. The van der Waals surface area contributed by atoms with E-state index in [4.69, 9.17) is 4.98 Å². The van der Waals surface area contributed by atoms with E-state index in [1.165, 1.54) is 5.56 Å². The SMILES string of the molecule is Cc1ccc2c(c1)C(=O)N(C)c1cnc(Nc3ccc4c(c3)CCC(=O)C4)nc1N2C. The number of ketones is 1. The van der Waals surface area contributed by atoms with E-state index in [0.717, 1.165) is 28.9 Å². The Morgan fingerprint density at radius 3 is 2.61 bits per heavy atom. The van der Waals surface area contributed by atoms with Gasteiger partial charge in [-0.15, -0.1) is 0 Å². The summed E-state index contributed by atoms with van der Waals surface area (Å²) in [5, 5.41) is 3.28. The zero-order chi connectivity index (χ0) is 21.7. The number of hydrogen-bond acceptors (Lipinski definition) is 6. The van der Waals surface area contributed by atoms with E-state index >= 15 is 0 Å². The van der Waals surface area contributed by atoms with Gasteiger partial charge in [-0.25, -0.2) is 4.98 Å². The molecule has 7 heteroatoms. The highest BCUT2D eigenvalue weighted by Crippen LogP contribution is 2.38. The third-order valence-electron chi connectivity index (χ3n) is 6.00. The van der Waals surface area contributed by atoms with Gasteiger partial charge in [0.05, 0.1) is 17.4 Å². The lowest BCUT2D eigenvalue weighted by atomic mass is 9.90. The van der Waals surface area contributed by atoms with E-state index in [-0.39, 0.29) is 5.91 Å². The molecule has 1 aliphatic heterocycles. The number of rotatable bonds is 2. The first-order chi connectivity index (χ1) is 14.9. The molecule has 2 heterocycles. The number of amides is 1. The van der Waals surface area contributed by atoms with Gasteiger partial charge in [0.2, 0.25) is 5.95 Å². The minimum atomic E-state index is -0.0853. The summed E-state index contributed by atoms with van der Waals surface area (Å²) in [4.78, 5) is 37.4. The van der Waals surface area contributed by atoms with E-state index in [1.807, 2.05) is 49.2 Å². The number of carbonyl (C=O) groups excluding carboxylic acids is 2. The quantitative estimate of drug-likeness (QED) is 0.686. The zero-order valence-electron chi connectivity index (χ0n) is 17.8. The van der Waals surface area contributed by atoms with Crippen LogP contribution in [0.25, 0.3) is 0 Å². The van der Waals surface area contributed by atoms with Crippen LogP contribution in [0.15, 0.2) is 42.6 Å². The summed E-state index contributed by atoms with van der Waals surface area (Å²) in [5.74, 6) is 1.31. The van der Waals surface area contributed by atoms with Gasteiger partial charge in [0, 0.05) is 32.6 Å². The Balaban J connectivity index is 1.51. The number of aryl methyl sites for hydroxylation is 2. The van der Waals surface area contributed by atoms with Crippen molar-refractivity contribution in [1.82, 2.24) is 9.97 Å². The molecular weight excluding hydrogens is 390 g/mol. The molecule has 5 rings (SSSR count). The summed E-state index contributed by atoms with van der Waals surface area (Å²) >= 11 is 0. The molecule has 0 radical (unpaired) electrons. The Hall–Kier alpha value is -3.74. The van der Waals surface area contributed by atoms with Crippen LogP contribution in [0.4, 0.5) is 28.8 Å². The fourth-order valence-corrected chi connectivity index (χ4v) is 4.24. The first-order valence-corrected chi connectivity index (χ1v) is 10.3. The van der Waals surface area contributed by atoms with Crippen molar-refractivity contribution in [3.8, 4) is 0 Å². The van der Waals surface area contributed by atoms with Gasteiger partial charge in [0.15, 0.2) is 5.82 Å². The third-order valence-corrected chi connectivity index (χ3v) is 6.00. The summed E-state index contributed by atoms with van der Waals surface area (Å²) in [6.45, 7) is 1.97. The largest absolute Gasteiger partial charge is 0.327 e. The lowest BCUT2D eigenvalue weighted by Gasteiger charge is -2.21. The third kappa shape index (κ3) is 3.32. The molecule has 1 aromatic heterocycles. The van der Waals surface area contributed by atoms with Crippen molar-refractivity contribution in [2.24, 2.45) is 0 Å².